The van der Waals surface area contributed by atoms with Crippen LogP contribution in [0.1, 0.15) is 5.56 Å². The van der Waals surface area contributed by atoms with E-state index < -0.39 is 0 Å². The lowest BCUT2D eigenvalue weighted by molar-refractivity contribution is 0.318. The number of hydrogen-bond donors (Lipinski definition) is 2. The molecule has 0 saturated heterocycles. The van der Waals surface area contributed by atoms with Gasteiger partial charge in [-0.15, -0.1) is 0 Å². The highest BCUT2D eigenvalue weighted by molar-refractivity contribution is 7.99. The van der Waals surface area contributed by atoms with E-state index in [0.717, 1.165) is 15.5 Å². The Labute approximate surface area is 115 Å². The van der Waals surface area contributed by atoms with Crippen LogP contribution in [0.2, 0.25) is 0 Å². The second-order valence-electron chi connectivity index (χ2n) is 3.76. The lowest BCUT2D eigenvalue weighted by Crippen LogP contribution is -2.13. The standard InChI is InChI=1S/C14H14N2O2S/c1-18-10-5-4-6-11(9-10)19-13-8-3-2-7-12(13)14(15)16-17/h2-9,17H,1H3,(H2,15,16). The first-order valence-corrected chi connectivity index (χ1v) is 6.45. The molecule has 0 saturated carbocycles. The summed E-state index contributed by atoms with van der Waals surface area (Å²) in [4.78, 5) is 1.95. The minimum absolute atomic E-state index is 0.103. The number of hydrogen-bond acceptors (Lipinski definition) is 4. The number of nitrogens with two attached hydrogens (primary N) is 1. The molecular formula is C14H14N2O2S. The number of benzene rings is 2. The van der Waals surface area contributed by atoms with Gasteiger partial charge in [-0.3, -0.25) is 0 Å². The summed E-state index contributed by atoms with van der Waals surface area (Å²) in [5.74, 6) is 0.900. The smallest absolute Gasteiger partial charge is 0.171 e. The number of nitrogens with zero attached hydrogens (tertiary/aromatic N) is 1. The van der Waals surface area contributed by atoms with Crippen molar-refractivity contribution in [3.8, 4) is 5.75 Å². The first kappa shape index (κ1) is 13.3. The molecule has 0 aliphatic carbocycles. The van der Waals surface area contributed by atoms with Gasteiger partial charge < -0.3 is 15.7 Å². The molecule has 0 radical (unpaired) electrons. The molecule has 5 heteroatoms. The summed E-state index contributed by atoms with van der Waals surface area (Å²) in [6.07, 6.45) is 0. The van der Waals surface area contributed by atoms with Crippen molar-refractivity contribution in [3.05, 3.63) is 54.1 Å². The number of rotatable bonds is 4. The predicted molar refractivity (Wildman–Crippen MR) is 76.1 cm³/mol. The minimum Gasteiger partial charge on any atom is -0.497 e. The first-order valence-electron chi connectivity index (χ1n) is 5.63. The number of amidine groups is 1. The molecule has 0 aromatic heterocycles. The van der Waals surface area contributed by atoms with Gasteiger partial charge in [-0.1, -0.05) is 41.2 Å². The monoisotopic (exact) mass is 274 g/mol. The third kappa shape index (κ3) is 3.20. The molecular weight excluding hydrogens is 260 g/mol. The fourth-order valence-electron chi connectivity index (χ4n) is 1.61. The van der Waals surface area contributed by atoms with E-state index in [-0.39, 0.29) is 5.84 Å². The maximum absolute atomic E-state index is 8.79. The molecule has 0 spiro atoms. The molecule has 0 amide bonds. The summed E-state index contributed by atoms with van der Waals surface area (Å²) in [5, 5.41) is 11.8. The van der Waals surface area contributed by atoms with Crippen LogP contribution in [-0.2, 0) is 0 Å². The molecule has 0 heterocycles. The second kappa shape index (κ2) is 6.15. The van der Waals surface area contributed by atoms with Gasteiger partial charge in [0, 0.05) is 15.4 Å². The van der Waals surface area contributed by atoms with Gasteiger partial charge in [0.05, 0.1) is 7.11 Å². The molecule has 0 unspecified atom stereocenters. The van der Waals surface area contributed by atoms with Gasteiger partial charge in [0.25, 0.3) is 0 Å². The molecule has 2 aromatic rings. The van der Waals surface area contributed by atoms with Crippen LogP contribution in [-0.4, -0.2) is 18.2 Å². The van der Waals surface area contributed by atoms with Crippen LogP contribution in [0.25, 0.3) is 0 Å². The number of methoxy groups -OCH3 is 1. The van der Waals surface area contributed by atoms with Gasteiger partial charge >= 0.3 is 0 Å². The Morgan fingerprint density at radius 3 is 2.74 bits per heavy atom. The zero-order valence-corrected chi connectivity index (χ0v) is 11.2. The van der Waals surface area contributed by atoms with Crippen molar-refractivity contribution in [2.75, 3.05) is 7.11 Å². The van der Waals surface area contributed by atoms with Crippen molar-refractivity contribution in [2.24, 2.45) is 10.9 Å². The van der Waals surface area contributed by atoms with Crippen LogP contribution in [0, 0.1) is 0 Å². The zero-order valence-electron chi connectivity index (χ0n) is 10.4. The molecule has 0 atom stereocenters. The summed E-state index contributed by atoms with van der Waals surface area (Å²) in [6.45, 7) is 0. The van der Waals surface area contributed by atoms with E-state index in [2.05, 4.69) is 5.16 Å². The van der Waals surface area contributed by atoms with Gasteiger partial charge in [0.15, 0.2) is 5.84 Å². The highest BCUT2D eigenvalue weighted by Gasteiger charge is 2.08. The van der Waals surface area contributed by atoms with Crippen molar-refractivity contribution >= 4 is 17.6 Å². The summed E-state index contributed by atoms with van der Waals surface area (Å²) in [6, 6.07) is 15.2. The molecule has 19 heavy (non-hydrogen) atoms. The average Bonchev–Trinajstić information content (AvgIpc) is 2.47. The maximum Gasteiger partial charge on any atom is 0.171 e. The number of oxime groups is 1. The molecule has 2 rings (SSSR count). The van der Waals surface area contributed by atoms with E-state index in [1.807, 2.05) is 48.5 Å². The average molecular weight is 274 g/mol. The van der Waals surface area contributed by atoms with Gasteiger partial charge in [-0.05, 0) is 24.3 Å². The molecule has 2 aromatic carbocycles. The molecule has 0 aliphatic heterocycles. The highest BCUT2D eigenvalue weighted by atomic mass is 32.2. The lowest BCUT2D eigenvalue weighted by atomic mass is 10.2. The zero-order chi connectivity index (χ0) is 13.7. The van der Waals surface area contributed by atoms with Gasteiger partial charge in [-0.2, -0.15) is 0 Å². The largest absolute Gasteiger partial charge is 0.497 e. The van der Waals surface area contributed by atoms with E-state index in [0.29, 0.717) is 5.56 Å². The Balaban J connectivity index is 2.33. The lowest BCUT2D eigenvalue weighted by Gasteiger charge is -2.08. The summed E-state index contributed by atoms with van der Waals surface area (Å²) >= 11 is 1.54. The van der Waals surface area contributed by atoms with Crippen LogP contribution in [0.4, 0.5) is 0 Å². The van der Waals surface area contributed by atoms with Gasteiger partial charge in [0.2, 0.25) is 0 Å². The molecule has 0 aliphatic rings. The first-order chi connectivity index (χ1) is 9.24. The third-order valence-electron chi connectivity index (χ3n) is 2.54. The summed E-state index contributed by atoms with van der Waals surface area (Å²) in [5.41, 5.74) is 6.37. The molecule has 98 valence electrons. The van der Waals surface area contributed by atoms with Crippen LogP contribution in [0.15, 0.2) is 63.5 Å². The Kier molecular flexibility index (Phi) is 4.30. The number of ether oxygens (including phenoxy) is 1. The molecule has 0 bridgehead atoms. The predicted octanol–water partition coefficient (Wildman–Crippen LogP) is 2.94. The van der Waals surface area contributed by atoms with E-state index in [9.17, 15) is 0 Å². The Morgan fingerprint density at radius 2 is 2.00 bits per heavy atom. The van der Waals surface area contributed by atoms with Crippen LogP contribution >= 0.6 is 11.8 Å². The fourth-order valence-corrected chi connectivity index (χ4v) is 2.62. The molecule has 4 nitrogen and oxygen atoms in total. The Morgan fingerprint density at radius 1 is 1.21 bits per heavy atom. The van der Waals surface area contributed by atoms with Gasteiger partial charge in [-0.25, -0.2) is 0 Å². The maximum atomic E-state index is 8.79. The van der Waals surface area contributed by atoms with E-state index in [1.165, 1.54) is 11.8 Å². The topological polar surface area (TPSA) is 67.8 Å². The van der Waals surface area contributed by atoms with E-state index >= 15 is 0 Å². The van der Waals surface area contributed by atoms with Crippen molar-refractivity contribution in [1.29, 1.82) is 0 Å². The Hall–Kier alpha value is -2.14. The summed E-state index contributed by atoms with van der Waals surface area (Å²) < 4.78 is 5.19. The fraction of sp³-hybridized carbons (Fsp3) is 0.0714. The van der Waals surface area contributed by atoms with Crippen LogP contribution < -0.4 is 10.5 Å². The molecule has 0 fully saturated rings. The third-order valence-corrected chi connectivity index (χ3v) is 3.61. The van der Waals surface area contributed by atoms with Crippen molar-refractivity contribution in [1.82, 2.24) is 0 Å². The van der Waals surface area contributed by atoms with E-state index in [4.69, 9.17) is 15.7 Å². The molecule has 3 N–H and O–H groups in total. The van der Waals surface area contributed by atoms with E-state index in [1.54, 1.807) is 7.11 Å². The summed E-state index contributed by atoms with van der Waals surface area (Å²) in [7, 11) is 1.63. The van der Waals surface area contributed by atoms with Crippen LogP contribution in [0.5, 0.6) is 5.75 Å². The highest BCUT2D eigenvalue weighted by Crippen LogP contribution is 2.32. The van der Waals surface area contributed by atoms with Crippen molar-refractivity contribution in [3.63, 3.8) is 0 Å². The second-order valence-corrected chi connectivity index (χ2v) is 4.88. The van der Waals surface area contributed by atoms with Crippen LogP contribution in [0.3, 0.4) is 0 Å². The van der Waals surface area contributed by atoms with Crippen molar-refractivity contribution < 1.29 is 9.94 Å². The normalized spacial score (nSPS) is 11.3. The minimum atomic E-state index is 0.103. The van der Waals surface area contributed by atoms with Gasteiger partial charge in [0.1, 0.15) is 5.75 Å². The quantitative estimate of drug-likeness (QED) is 0.389. The van der Waals surface area contributed by atoms with Crippen molar-refractivity contribution in [2.45, 2.75) is 9.79 Å². The SMILES string of the molecule is COc1cccc(Sc2ccccc2/C(N)=N/O)c1. The Bertz CT molecular complexity index is 600.